The number of rotatable bonds is 3. The van der Waals surface area contributed by atoms with Gasteiger partial charge in [0.1, 0.15) is 5.75 Å². The van der Waals surface area contributed by atoms with Gasteiger partial charge in [-0.3, -0.25) is 0 Å². The lowest BCUT2D eigenvalue weighted by molar-refractivity contribution is 0.180. The van der Waals surface area contributed by atoms with Crippen LogP contribution in [0.2, 0.25) is 0 Å². The quantitative estimate of drug-likeness (QED) is 0.769. The molecule has 14 heavy (non-hydrogen) atoms. The van der Waals surface area contributed by atoms with Crippen LogP contribution in [0.15, 0.2) is 12.1 Å². The zero-order valence-corrected chi connectivity index (χ0v) is 7.63. The zero-order chi connectivity index (χ0) is 10.7. The summed E-state index contributed by atoms with van der Waals surface area (Å²) in [5, 5.41) is 9.27. The summed E-state index contributed by atoms with van der Waals surface area (Å²) < 4.78 is 30.8. The molecular weight excluding hydrogens is 192 g/mol. The minimum absolute atomic E-state index is 0.145. The molecule has 0 saturated carbocycles. The predicted octanol–water partition coefficient (Wildman–Crippen LogP) is 0.966. The summed E-state index contributed by atoms with van der Waals surface area (Å²) in [4.78, 5) is 0. The molecule has 0 bridgehead atoms. The van der Waals surface area contributed by atoms with E-state index in [0.717, 1.165) is 6.07 Å². The highest BCUT2D eigenvalue weighted by molar-refractivity contribution is 5.32. The molecule has 1 aromatic carbocycles. The van der Waals surface area contributed by atoms with Crippen LogP contribution < -0.4 is 10.5 Å². The first-order chi connectivity index (χ1) is 6.60. The fourth-order valence-corrected chi connectivity index (χ4v) is 1.07. The van der Waals surface area contributed by atoms with E-state index in [0.29, 0.717) is 0 Å². The maximum Gasteiger partial charge on any atom is 0.164 e. The zero-order valence-electron chi connectivity index (χ0n) is 7.63. The maximum atomic E-state index is 13.1. The van der Waals surface area contributed by atoms with Gasteiger partial charge in [0.05, 0.1) is 13.2 Å². The first kappa shape index (κ1) is 10.9. The van der Waals surface area contributed by atoms with Gasteiger partial charge in [-0.2, -0.15) is 0 Å². The van der Waals surface area contributed by atoms with Gasteiger partial charge in [0.25, 0.3) is 0 Å². The largest absolute Gasteiger partial charge is 0.497 e. The predicted molar refractivity (Wildman–Crippen MR) is 46.9 cm³/mol. The molecule has 1 rings (SSSR count). The Morgan fingerprint density at radius 2 is 2.14 bits per heavy atom. The van der Waals surface area contributed by atoms with Crippen molar-refractivity contribution in [2.45, 2.75) is 6.10 Å². The third kappa shape index (κ3) is 2.00. The lowest BCUT2D eigenvalue weighted by Crippen LogP contribution is -2.14. The molecule has 0 aromatic heterocycles. The van der Waals surface area contributed by atoms with E-state index in [1.807, 2.05) is 0 Å². The SMILES string of the molecule is COc1cc(F)c(F)c(C(O)CN)c1. The number of aliphatic hydroxyl groups excluding tert-OH is 1. The molecule has 5 heteroatoms. The fourth-order valence-electron chi connectivity index (χ4n) is 1.07. The smallest absolute Gasteiger partial charge is 0.164 e. The Bertz CT molecular complexity index is 331. The average Bonchev–Trinajstić information content (AvgIpc) is 2.20. The van der Waals surface area contributed by atoms with E-state index in [1.54, 1.807) is 0 Å². The summed E-state index contributed by atoms with van der Waals surface area (Å²) in [6.07, 6.45) is -1.22. The van der Waals surface area contributed by atoms with Crippen molar-refractivity contribution in [3.05, 3.63) is 29.3 Å². The molecule has 0 aliphatic rings. The van der Waals surface area contributed by atoms with Crippen molar-refractivity contribution in [2.75, 3.05) is 13.7 Å². The highest BCUT2D eigenvalue weighted by Crippen LogP contribution is 2.24. The number of ether oxygens (including phenoxy) is 1. The first-order valence-corrected chi connectivity index (χ1v) is 4.01. The minimum Gasteiger partial charge on any atom is -0.497 e. The van der Waals surface area contributed by atoms with Gasteiger partial charge < -0.3 is 15.6 Å². The summed E-state index contributed by atoms with van der Waals surface area (Å²) in [7, 11) is 1.32. The van der Waals surface area contributed by atoms with Crippen molar-refractivity contribution in [3.8, 4) is 5.75 Å². The second-order valence-corrected chi connectivity index (χ2v) is 2.76. The standard InChI is InChI=1S/C9H11F2NO2/c1-14-5-2-6(8(13)4-12)9(11)7(10)3-5/h2-3,8,13H,4,12H2,1H3. The Balaban J connectivity index is 3.20. The Morgan fingerprint density at radius 3 is 2.64 bits per heavy atom. The maximum absolute atomic E-state index is 13.1. The number of benzene rings is 1. The molecule has 3 nitrogen and oxygen atoms in total. The topological polar surface area (TPSA) is 55.5 Å². The molecule has 0 aliphatic heterocycles. The number of hydrogen-bond acceptors (Lipinski definition) is 3. The van der Waals surface area contributed by atoms with Crippen LogP contribution in [-0.2, 0) is 0 Å². The van der Waals surface area contributed by atoms with Crippen molar-refractivity contribution in [1.82, 2.24) is 0 Å². The number of hydrogen-bond donors (Lipinski definition) is 2. The van der Waals surface area contributed by atoms with Crippen LogP contribution in [-0.4, -0.2) is 18.8 Å². The van der Waals surface area contributed by atoms with E-state index in [-0.39, 0.29) is 17.9 Å². The van der Waals surface area contributed by atoms with Gasteiger partial charge in [-0.25, -0.2) is 8.78 Å². The van der Waals surface area contributed by atoms with Crippen molar-refractivity contribution < 1.29 is 18.6 Å². The third-order valence-electron chi connectivity index (χ3n) is 1.85. The van der Waals surface area contributed by atoms with Gasteiger partial charge in [0.15, 0.2) is 11.6 Å². The van der Waals surface area contributed by atoms with Crippen molar-refractivity contribution in [2.24, 2.45) is 5.73 Å². The Hall–Kier alpha value is -1.20. The van der Waals surface area contributed by atoms with Crippen molar-refractivity contribution in [3.63, 3.8) is 0 Å². The fraction of sp³-hybridized carbons (Fsp3) is 0.333. The molecule has 0 saturated heterocycles. The molecule has 0 heterocycles. The molecule has 1 atom stereocenters. The molecule has 1 unspecified atom stereocenters. The number of nitrogens with two attached hydrogens (primary N) is 1. The average molecular weight is 203 g/mol. The van der Waals surface area contributed by atoms with E-state index >= 15 is 0 Å². The van der Waals surface area contributed by atoms with E-state index < -0.39 is 17.7 Å². The van der Waals surface area contributed by atoms with Crippen LogP contribution in [0.4, 0.5) is 8.78 Å². The summed E-state index contributed by atoms with van der Waals surface area (Å²) >= 11 is 0. The minimum atomic E-state index is -1.22. The highest BCUT2D eigenvalue weighted by Gasteiger charge is 2.16. The molecule has 1 aromatic rings. The van der Waals surface area contributed by atoms with Gasteiger partial charge in [0, 0.05) is 18.2 Å². The van der Waals surface area contributed by atoms with Gasteiger partial charge in [-0.1, -0.05) is 0 Å². The molecule has 3 N–H and O–H groups in total. The monoisotopic (exact) mass is 203 g/mol. The molecule has 0 spiro atoms. The summed E-state index contributed by atoms with van der Waals surface area (Å²) in [6, 6.07) is 2.12. The van der Waals surface area contributed by atoms with E-state index in [2.05, 4.69) is 0 Å². The molecule has 0 amide bonds. The lowest BCUT2D eigenvalue weighted by atomic mass is 10.1. The normalized spacial score (nSPS) is 12.6. The van der Waals surface area contributed by atoms with Gasteiger partial charge in [0.2, 0.25) is 0 Å². The van der Waals surface area contributed by atoms with Crippen LogP contribution >= 0.6 is 0 Å². The van der Waals surface area contributed by atoms with Gasteiger partial charge >= 0.3 is 0 Å². The van der Waals surface area contributed by atoms with Gasteiger partial charge in [-0.15, -0.1) is 0 Å². The molecule has 0 fully saturated rings. The summed E-state index contributed by atoms with van der Waals surface area (Å²) in [5.74, 6) is -2.01. The van der Waals surface area contributed by atoms with Crippen LogP contribution in [0.1, 0.15) is 11.7 Å². The molecule has 0 radical (unpaired) electrons. The highest BCUT2D eigenvalue weighted by atomic mass is 19.2. The number of methoxy groups -OCH3 is 1. The third-order valence-corrected chi connectivity index (χ3v) is 1.85. The number of halogens is 2. The lowest BCUT2D eigenvalue weighted by Gasteiger charge is -2.11. The second-order valence-electron chi connectivity index (χ2n) is 2.76. The van der Waals surface area contributed by atoms with E-state index in [4.69, 9.17) is 10.5 Å². The van der Waals surface area contributed by atoms with E-state index in [1.165, 1.54) is 13.2 Å². The van der Waals surface area contributed by atoms with Gasteiger partial charge in [-0.05, 0) is 6.07 Å². The summed E-state index contributed by atoms with van der Waals surface area (Å²) in [6.45, 7) is -0.177. The Morgan fingerprint density at radius 1 is 1.50 bits per heavy atom. The van der Waals surface area contributed by atoms with E-state index in [9.17, 15) is 13.9 Å². The van der Waals surface area contributed by atoms with Crippen LogP contribution in [0, 0.1) is 11.6 Å². The molecule has 78 valence electrons. The Kier molecular flexibility index (Phi) is 3.38. The van der Waals surface area contributed by atoms with Crippen molar-refractivity contribution >= 4 is 0 Å². The van der Waals surface area contributed by atoms with Crippen LogP contribution in [0.5, 0.6) is 5.75 Å². The second kappa shape index (κ2) is 4.34. The van der Waals surface area contributed by atoms with Crippen molar-refractivity contribution in [1.29, 1.82) is 0 Å². The molecular formula is C9H11F2NO2. The van der Waals surface area contributed by atoms with Crippen LogP contribution in [0.25, 0.3) is 0 Å². The number of aliphatic hydroxyl groups is 1. The Labute approximate surface area is 80.1 Å². The first-order valence-electron chi connectivity index (χ1n) is 4.01. The van der Waals surface area contributed by atoms with Crippen LogP contribution in [0.3, 0.4) is 0 Å². The summed E-state index contributed by atoms with van der Waals surface area (Å²) in [5.41, 5.74) is 4.94. The molecule has 0 aliphatic carbocycles.